The minimum Gasteiger partial charge on any atom is -0.474 e. The second-order valence-electron chi connectivity index (χ2n) is 7.20. The number of aliphatic hydroxyl groups is 1. The largest absolute Gasteiger partial charge is 0.474 e. The van der Waals surface area contributed by atoms with Crippen molar-refractivity contribution >= 4 is 34.2 Å². The SMILES string of the molecule is O=C(Nc1ccc(Oc2ccc3ncc(OCCO)nc3c2)cc1)c1ccc(Cl)c(C(F)(F)F)c1. The second-order valence-corrected chi connectivity index (χ2v) is 7.61. The third kappa shape index (κ3) is 5.97. The minimum atomic E-state index is -4.67. The van der Waals surface area contributed by atoms with Crippen LogP contribution in [0.3, 0.4) is 0 Å². The first-order chi connectivity index (χ1) is 16.7. The molecule has 0 aliphatic rings. The second kappa shape index (κ2) is 10.2. The van der Waals surface area contributed by atoms with Crippen molar-refractivity contribution in [3.8, 4) is 17.4 Å². The van der Waals surface area contributed by atoms with Crippen LogP contribution in [0.5, 0.6) is 17.4 Å². The van der Waals surface area contributed by atoms with E-state index in [0.29, 0.717) is 34.3 Å². The summed E-state index contributed by atoms with van der Waals surface area (Å²) in [5.74, 6) is 0.484. The molecule has 180 valence electrons. The monoisotopic (exact) mass is 503 g/mol. The van der Waals surface area contributed by atoms with E-state index >= 15 is 0 Å². The molecule has 0 spiro atoms. The number of nitrogens with zero attached hydrogens (tertiary/aromatic N) is 2. The molecule has 0 atom stereocenters. The smallest absolute Gasteiger partial charge is 0.417 e. The van der Waals surface area contributed by atoms with Gasteiger partial charge in [0.25, 0.3) is 5.91 Å². The van der Waals surface area contributed by atoms with Gasteiger partial charge in [0.1, 0.15) is 18.1 Å². The molecule has 2 N–H and O–H groups in total. The van der Waals surface area contributed by atoms with Gasteiger partial charge < -0.3 is 19.9 Å². The van der Waals surface area contributed by atoms with E-state index < -0.39 is 22.7 Å². The van der Waals surface area contributed by atoms with Gasteiger partial charge in [0.2, 0.25) is 5.88 Å². The molecule has 11 heteroatoms. The standard InChI is InChI=1S/C24H17ClF3N3O4/c25-19-7-1-14(11-18(19)24(26,27)28)23(33)30-15-2-4-16(5-3-15)35-17-6-8-20-21(12-17)31-22(13-29-20)34-10-9-32/h1-8,11-13,32H,9-10H2,(H,30,33). The maximum absolute atomic E-state index is 13.0. The molecular weight excluding hydrogens is 487 g/mol. The topological polar surface area (TPSA) is 93.6 Å². The molecule has 0 unspecified atom stereocenters. The molecule has 0 saturated carbocycles. The number of alkyl halides is 3. The first-order valence-corrected chi connectivity index (χ1v) is 10.6. The summed E-state index contributed by atoms with van der Waals surface area (Å²) < 4.78 is 50.2. The van der Waals surface area contributed by atoms with E-state index in [9.17, 15) is 18.0 Å². The van der Waals surface area contributed by atoms with Crippen LogP contribution >= 0.6 is 11.6 Å². The number of halogens is 4. The highest BCUT2D eigenvalue weighted by Crippen LogP contribution is 2.35. The molecule has 0 radical (unpaired) electrons. The molecule has 0 fully saturated rings. The number of carbonyl (C=O) groups is 1. The third-order valence-corrected chi connectivity index (χ3v) is 5.04. The highest BCUT2D eigenvalue weighted by Gasteiger charge is 2.33. The number of anilines is 1. The lowest BCUT2D eigenvalue weighted by Crippen LogP contribution is -2.14. The average Bonchev–Trinajstić information content (AvgIpc) is 2.83. The molecule has 0 saturated heterocycles. The van der Waals surface area contributed by atoms with Crippen LogP contribution in [0, 0.1) is 0 Å². The molecule has 3 aromatic carbocycles. The van der Waals surface area contributed by atoms with Gasteiger partial charge in [0.15, 0.2) is 0 Å². The van der Waals surface area contributed by atoms with Crippen LogP contribution in [-0.4, -0.2) is 34.2 Å². The van der Waals surface area contributed by atoms with Gasteiger partial charge in [-0.3, -0.25) is 4.79 Å². The molecule has 0 bridgehead atoms. The van der Waals surface area contributed by atoms with Gasteiger partial charge >= 0.3 is 6.18 Å². The van der Waals surface area contributed by atoms with Gasteiger partial charge in [-0.15, -0.1) is 0 Å². The van der Waals surface area contributed by atoms with Crippen molar-refractivity contribution in [2.75, 3.05) is 18.5 Å². The summed E-state index contributed by atoms with van der Waals surface area (Å²) in [5, 5.41) is 10.9. The Morgan fingerprint density at radius 3 is 2.46 bits per heavy atom. The van der Waals surface area contributed by atoms with Gasteiger partial charge in [0.05, 0.1) is 34.4 Å². The maximum atomic E-state index is 13.0. The number of nitrogens with one attached hydrogen (secondary N) is 1. The highest BCUT2D eigenvalue weighted by molar-refractivity contribution is 6.31. The van der Waals surface area contributed by atoms with Gasteiger partial charge in [-0.05, 0) is 54.6 Å². The van der Waals surface area contributed by atoms with Crippen LogP contribution in [0.15, 0.2) is 66.9 Å². The summed E-state index contributed by atoms with van der Waals surface area (Å²) in [6, 6.07) is 14.3. The van der Waals surface area contributed by atoms with Crippen molar-refractivity contribution < 1.29 is 32.5 Å². The van der Waals surface area contributed by atoms with Crippen LogP contribution in [-0.2, 0) is 6.18 Å². The Hall–Kier alpha value is -3.89. The Balaban J connectivity index is 1.44. The average molecular weight is 504 g/mol. The normalized spacial score (nSPS) is 11.3. The first-order valence-electron chi connectivity index (χ1n) is 10.2. The van der Waals surface area contributed by atoms with Crippen LogP contribution in [0.4, 0.5) is 18.9 Å². The van der Waals surface area contributed by atoms with Gasteiger partial charge in [-0.2, -0.15) is 13.2 Å². The lowest BCUT2D eigenvalue weighted by atomic mass is 10.1. The zero-order valence-corrected chi connectivity index (χ0v) is 18.6. The van der Waals surface area contributed by atoms with E-state index in [1.54, 1.807) is 42.5 Å². The number of carbonyl (C=O) groups excluding carboxylic acids is 1. The van der Waals surface area contributed by atoms with Crippen molar-refractivity contribution in [1.29, 1.82) is 0 Å². The molecule has 1 amide bonds. The van der Waals surface area contributed by atoms with E-state index in [2.05, 4.69) is 15.3 Å². The first kappa shape index (κ1) is 24.2. The molecule has 1 heterocycles. The van der Waals surface area contributed by atoms with E-state index in [-0.39, 0.29) is 24.7 Å². The van der Waals surface area contributed by atoms with Gasteiger partial charge in [-0.25, -0.2) is 9.97 Å². The van der Waals surface area contributed by atoms with Crippen molar-refractivity contribution in [1.82, 2.24) is 9.97 Å². The Morgan fingerprint density at radius 2 is 1.74 bits per heavy atom. The molecule has 0 aliphatic heterocycles. The summed E-state index contributed by atoms with van der Waals surface area (Å²) in [4.78, 5) is 21.0. The number of rotatable bonds is 7. The number of hydrogen-bond acceptors (Lipinski definition) is 6. The Kier molecular flexibility index (Phi) is 7.04. The number of ether oxygens (including phenoxy) is 2. The fourth-order valence-corrected chi connectivity index (χ4v) is 3.31. The van der Waals surface area contributed by atoms with Crippen LogP contribution < -0.4 is 14.8 Å². The predicted octanol–water partition coefficient (Wildman–Crippen LogP) is 5.72. The summed E-state index contributed by atoms with van der Waals surface area (Å²) in [7, 11) is 0. The predicted molar refractivity (Wildman–Crippen MR) is 123 cm³/mol. The minimum absolute atomic E-state index is 0.0980. The highest BCUT2D eigenvalue weighted by atomic mass is 35.5. The molecule has 0 aliphatic carbocycles. The quantitative estimate of drug-likeness (QED) is 0.335. The number of benzene rings is 3. The zero-order valence-electron chi connectivity index (χ0n) is 17.8. The van der Waals surface area contributed by atoms with Crippen molar-refractivity contribution in [2.45, 2.75) is 6.18 Å². The van der Waals surface area contributed by atoms with Crippen LogP contribution in [0.25, 0.3) is 11.0 Å². The van der Waals surface area contributed by atoms with E-state index in [0.717, 1.165) is 6.07 Å². The van der Waals surface area contributed by atoms with Crippen LogP contribution in [0.1, 0.15) is 15.9 Å². The summed E-state index contributed by atoms with van der Waals surface area (Å²) >= 11 is 5.60. The number of aromatic nitrogens is 2. The fraction of sp³-hybridized carbons (Fsp3) is 0.125. The number of amides is 1. The molecule has 1 aromatic heterocycles. The number of aliphatic hydroxyl groups excluding tert-OH is 1. The van der Waals surface area contributed by atoms with Crippen molar-refractivity contribution in [3.05, 3.63) is 83.0 Å². The van der Waals surface area contributed by atoms with Crippen molar-refractivity contribution in [3.63, 3.8) is 0 Å². The summed E-state index contributed by atoms with van der Waals surface area (Å²) in [6.45, 7) is -0.0472. The number of hydrogen-bond donors (Lipinski definition) is 2. The van der Waals surface area contributed by atoms with Gasteiger partial charge in [0, 0.05) is 17.3 Å². The molecule has 4 rings (SSSR count). The Morgan fingerprint density at radius 1 is 1.00 bits per heavy atom. The summed E-state index contributed by atoms with van der Waals surface area (Å²) in [6.07, 6.45) is -3.21. The fourth-order valence-electron chi connectivity index (χ4n) is 3.09. The summed E-state index contributed by atoms with van der Waals surface area (Å²) in [5.41, 5.74) is 0.260. The van der Waals surface area contributed by atoms with Gasteiger partial charge in [-0.1, -0.05) is 11.6 Å². The maximum Gasteiger partial charge on any atom is 0.417 e. The Labute approximate surface area is 202 Å². The number of fused-ring (bicyclic) bond motifs is 1. The zero-order chi connectivity index (χ0) is 25.0. The van der Waals surface area contributed by atoms with Crippen LogP contribution in [0.2, 0.25) is 5.02 Å². The molecule has 7 nitrogen and oxygen atoms in total. The lowest BCUT2D eigenvalue weighted by molar-refractivity contribution is -0.137. The van der Waals surface area contributed by atoms with E-state index in [1.807, 2.05) is 0 Å². The molecular formula is C24H17ClF3N3O4. The van der Waals surface area contributed by atoms with E-state index in [4.69, 9.17) is 26.2 Å². The molecule has 35 heavy (non-hydrogen) atoms. The Bertz CT molecular complexity index is 1360. The lowest BCUT2D eigenvalue weighted by Gasteiger charge is -2.12. The third-order valence-electron chi connectivity index (χ3n) is 4.71. The van der Waals surface area contributed by atoms with Crippen molar-refractivity contribution in [2.24, 2.45) is 0 Å². The van der Waals surface area contributed by atoms with E-state index in [1.165, 1.54) is 12.3 Å². The molecule has 4 aromatic rings.